The van der Waals surface area contributed by atoms with Gasteiger partial charge in [0.1, 0.15) is 12.0 Å². The highest BCUT2D eigenvalue weighted by Crippen LogP contribution is 2.13. The van der Waals surface area contributed by atoms with E-state index in [4.69, 9.17) is 0 Å². The summed E-state index contributed by atoms with van der Waals surface area (Å²) in [7, 11) is -1.62. The third-order valence-electron chi connectivity index (χ3n) is 3.40. The molecule has 0 atom stereocenters. The summed E-state index contributed by atoms with van der Waals surface area (Å²) in [4.78, 5) is 13.6. The summed E-state index contributed by atoms with van der Waals surface area (Å²) in [5.41, 5.74) is 0.391. The van der Waals surface area contributed by atoms with Crippen LogP contribution in [0.4, 0.5) is 0 Å². The quantitative estimate of drug-likeness (QED) is 0.753. The van der Waals surface area contributed by atoms with E-state index < -0.39 is 10.0 Å². The highest BCUT2D eigenvalue weighted by Gasteiger charge is 2.29. The van der Waals surface area contributed by atoms with Crippen LogP contribution >= 0.6 is 12.4 Å². The van der Waals surface area contributed by atoms with E-state index in [2.05, 4.69) is 15.0 Å². The molecule has 0 aromatic carbocycles. The zero-order valence-electron chi connectivity index (χ0n) is 12.4. The summed E-state index contributed by atoms with van der Waals surface area (Å²) in [5, 5.41) is 6.55. The Morgan fingerprint density at radius 3 is 2.59 bits per heavy atom. The van der Waals surface area contributed by atoms with Crippen molar-refractivity contribution in [1.82, 2.24) is 19.7 Å². The summed E-state index contributed by atoms with van der Waals surface area (Å²) in [6.45, 7) is 2.14. The number of carbonyl (C=O) groups is 1. The van der Waals surface area contributed by atoms with Crippen molar-refractivity contribution >= 4 is 28.3 Å². The normalized spacial score (nSPS) is 16.3. The van der Waals surface area contributed by atoms with Crippen LogP contribution in [0.15, 0.2) is 16.9 Å². The van der Waals surface area contributed by atoms with Crippen molar-refractivity contribution in [2.75, 3.05) is 39.8 Å². The molecule has 1 saturated heterocycles. The van der Waals surface area contributed by atoms with Crippen LogP contribution in [0.25, 0.3) is 0 Å². The minimum absolute atomic E-state index is 0. The van der Waals surface area contributed by atoms with Crippen LogP contribution < -0.4 is 5.32 Å². The number of piperazine rings is 1. The smallest absolute Gasteiger partial charge is 0.223 e. The molecule has 1 aliphatic rings. The number of carbonyl (C=O) groups excluding carboxylic acids is 1. The maximum atomic E-state index is 12.2. The molecule has 1 fully saturated rings. The van der Waals surface area contributed by atoms with E-state index in [-0.39, 0.29) is 24.1 Å². The maximum Gasteiger partial charge on any atom is 0.223 e. The first-order valence-electron chi connectivity index (χ1n) is 6.82. The summed E-state index contributed by atoms with van der Waals surface area (Å²) in [6, 6.07) is 1.54. The minimum Gasteiger partial charge on any atom is -0.364 e. The Labute approximate surface area is 136 Å². The van der Waals surface area contributed by atoms with Gasteiger partial charge in [-0.3, -0.25) is 4.79 Å². The average molecular weight is 353 g/mol. The van der Waals surface area contributed by atoms with Crippen LogP contribution in [-0.2, 0) is 20.6 Å². The second kappa shape index (κ2) is 8.47. The first kappa shape index (κ1) is 18.9. The monoisotopic (exact) mass is 352 g/mol. The fraction of sp³-hybridized carbons (Fsp3) is 0.667. The van der Waals surface area contributed by atoms with Crippen molar-refractivity contribution in [2.24, 2.45) is 0 Å². The largest absolute Gasteiger partial charge is 0.364 e. The van der Waals surface area contributed by atoms with E-state index >= 15 is 0 Å². The van der Waals surface area contributed by atoms with Gasteiger partial charge in [0.25, 0.3) is 0 Å². The molecule has 1 aromatic heterocycles. The molecule has 0 radical (unpaired) electrons. The highest BCUT2D eigenvalue weighted by molar-refractivity contribution is 7.88. The predicted molar refractivity (Wildman–Crippen MR) is 83.1 cm³/mol. The number of amides is 1. The minimum atomic E-state index is -3.41. The summed E-state index contributed by atoms with van der Waals surface area (Å²) in [6.07, 6.45) is 1.78. The molecule has 8 nitrogen and oxygen atoms in total. The molecule has 0 saturated carbocycles. The second-order valence-corrected chi connectivity index (χ2v) is 6.85. The lowest BCUT2D eigenvalue weighted by Crippen LogP contribution is -2.51. The SMILES string of the molecule is CNCCC(=O)N1CCN(S(=O)(=O)Cc2ccon2)CC1.Cl. The van der Waals surface area contributed by atoms with Crippen LogP contribution in [0.1, 0.15) is 12.1 Å². The van der Waals surface area contributed by atoms with Gasteiger partial charge in [-0.25, -0.2) is 8.42 Å². The lowest BCUT2D eigenvalue weighted by atomic mass is 10.3. The van der Waals surface area contributed by atoms with E-state index in [1.54, 1.807) is 11.9 Å². The molecule has 0 unspecified atom stereocenters. The van der Waals surface area contributed by atoms with Crippen molar-refractivity contribution in [3.63, 3.8) is 0 Å². The number of sulfonamides is 1. The van der Waals surface area contributed by atoms with E-state index in [1.165, 1.54) is 16.6 Å². The zero-order valence-corrected chi connectivity index (χ0v) is 14.0. The summed E-state index contributed by atoms with van der Waals surface area (Å²) < 4.78 is 30.5. The third-order valence-corrected chi connectivity index (χ3v) is 5.21. The van der Waals surface area contributed by atoms with Gasteiger partial charge in [-0.15, -0.1) is 12.4 Å². The van der Waals surface area contributed by atoms with Gasteiger partial charge in [0.05, 0.1) is 5.69 Å². The number of nitrogens with zero attached hydrogens (tertiary/aromatic N) is 3. The molecular formula is C12H21ClN4O4S. The number of halogens is 1. The molecule has 2 heterocycles. The molecule has 126 valence electrons. The molecule has 1 aromatic rings. The van der Waals surface area contributed by atoms with E-state index in [9.17, 15) is 13.2 Å². The predicted octanol–water partition coefficient (Wildman–Crippen LogP) is -0.320. The molecule has 22 heavy (non-hydrogen) atoms. The maximum absolute atomic E-state index is 12.2. The van der Waals surface area contributed by atoms with Crippen LogP contribution in [-0.4, -0.2) is 68.5 Å². The topological polar surface area (TPSA) is 95.8 Å². The number of aromatic nitrogens is 1. The standard InChI is InChI=1S/C12H20N4O4S.ClH/c1-13-4-2-12(17)15-5-7-16(8-6-15)21(18,19)10-11-3-9-20-14-11;/h3,9,13H,2,4-8,10H2,1H3;1H. The van der Waals surface area contributed by atoms with Crippen LogP contribution in [0.5, 0.6) is 0 Å². The molecule has 1 N–H and O–H groups in total. The van der Waals surface area contributed by atoms with Crippen LogP contribution in [0, 0.1) is 0 Å². The van der Waals surface area contributed by atoms with Gasteiger partial charge >= 0.3 is 0 Å². The Bertz CT molecular complexity index is 556. The van der Waals surface area contributed by atoms with Gasteiger partial charge in [0, 0.05) is 45.2 Å². The molecule has 1 aliphatic heterocycles. The first-order chi connectivity index (χ1) is 10.0. The van der Waals surface area contributed by atoms with Crippen LogP contribution in [0.3, 0.4) is 0 Å². The van der Waals surface area contributed by atoms with Crippen molar-refractivity contribution < 1.29 is 17.7 Å². The molecular weight excluding hydrogens is 332 g/mol. The van der Waals surface area contributed by atoms with E-state index in [1.807, 2.05) is 0 Å². The van der Waals surface area contributed by atoms with Gasteiger partial charge in [-0.2, -0.15) is 4.31 Å². The molecule has 0 aliphatic carbocycles. The van der Waals surface area contributed by atoms with Crippen molar-refractivity contribution in [2.45, 2.75) is 12.2 Å². The molecule has 2 rings (SSSR count). The van der Waals surface area contributed by atoms with Crippen molar-refractivity contribution in [1.29, 1.82) is 0 Å². The third kappa shape index (κ3) is 4.94. The average Bonchev–Trinajstić information content (AvgIpc) is 2.97. The Kier molecular flexibility index (Phi) is 7.27. The van der Waals surface area contributed by atoms with E-state index in [0.29, 0.717) is 44.8 Å². The van der Waals surface area contributed by atoms with Crippen molar-refractivity contribution in [3.8, 4) is 0 Å². The van der Waals surface area contributed by atoms with Crippen LogP contribution in [0.2, 0.25) is 0 Å². The first-order valence-corrected chi connectivity index (χ1v) is 8.43. The van der Waals surface area contributed by atoms with Crippen molar-refractivity contribution in [3.05, 3.63) is 18.0 Å². The Hall–Kier alpha value is -1.16. The Morgan fingerprint density at radius 2 is 2.05 bits per heavy atom. The number of hydrogen-bond donors (Lipinski definition) is 1. The van der Waals surface area contributed by atoms with Gasteiger partial charge in [0.15, 0.2) is 0 Å². The molecule has 0 bridgehead atoms. The number of hydrogen-bond acceptors (Lipinski definition) is 6. The fourth-order valence-corrected chi connectivity index (χ4v) is 3.62. The lowest BCUT2D eigenvalue weighted by Gasteiger charge is -2.34. The molecule has 0 spiro atoms. The van der Waals surface area contributed by atoms with E-state index in [0.717, 1.165) is 0 Å². The lowest BCUT2D eigenvalue weighted by molar-refractivity contribution is -0.132. The highest BCUT2D eigenvalue weighted by atomic mass is 35.5. The second-order valence-electron chi connectivity index (χ2n) is 4.88. The summed E-state index contributed by atoms with van der Waals surface area (Å²) >= 11 is 0. The Morgan fingerprint density at radius 1 is 1.36 bits per heavy atom. The molecule has 1 amide bonds. The number of rotatable bonds is 6. The fourth-order valence-electron chi connectivity index (χ4n) is 2.20. The van der Waals surface area contributed by atoms with Gasteiger partial charge in [-0.05, 0) is 7.05 Å². The van der Waals surface area contributed by atoms with Gasteiger partial charge < -0.3 is 14.7 Å². The molecule has 10 heteroatoms. The summed E-state index contributed by atoms with van der Waals surface area (Å²) in [5.74, 6) is -0.116. The van der Waals surface area contributed by atoms with Gasteiger partial charge in [0.2, 0.25) is 15.9 Å². The zero-order chi connectivity index (χ0) is 15.3. The number of nitrogens with one attached hydrogen (secondary N) is 1. The Balaban J connectivity index is 0.00000242. The van der Waals surface area contributed by atoms with Gasteiger partial charge in [-0.1, -0.05) is 5.16 Å².